The summed E-state index contributed by atoms with van der Waals surface area (Å²) in [6, 6.07) is 3.25. The van der Waals surface area contributed by atoms with E-state index in [1.165, 1.54) is 22.1 Å². The minimum Gasteiger partial charge on any atom is -0.266 e. The van der Waals surface area contributed by atoms with Crippen molar-refractivity contribution in [2.75, 3.05) is 0 Å². The van der Waals surface area contributed by atoms with Gasteiger partial charge in [0, 0.05) is 17.8 Å². The van der Waals surface area contributed by atoms with Crippen molar-refractivity contribution in [2.24, 2.45) is 11.8 Å². The molecule has 0 aromatic carbocycles. The zero-order valence-electron chi connectivity index (χ0n) is 12.7. The highest BCUT2D eigenvalue weighted by Gasteiger charge is 2.71. The van der Waals surface area contributed by atoms with Crippen LogP contribution >= 0.6 is 22.9 Å². The SMILES string of the molecule is O=c1c2ncsc2nc([C@H]2C[C@@H]3[C@H](C2)C3(F)F)n1-c1ccc(Cl)nc1. The number of thiazole rings is 1. The fraction of sp³-hybridized carbons (Fsp3) is 0.375. The summed E-state index contributed by atoms with van der Waals surface area (Å²) in [6.07, 6.45) is 2.17. The Morgan fingerprint density at radius 3 is 2.68 bits per heavy atom. The molecular weight excluding hydrogens is 370 g/mol. The summed E-state index contributed by atoms with van der Waals surface area (Å²) in [5, 5.41) is 0.308. The third kappa shape index (κ3) is 2.17. The molecule has 2 saturated carbocycles. The van der Waals surface area contributed by atoms with E-state index >= 15 is 0 Å². The second kappa shape index (κ2) is 5.04. The molecule has 128 valence electrons. The molecular formula is C16H11ClF2N4OS. The normalized spacial score (nSPS) is 26.8. The lowest BCUT2D eigenvalue weighted by Crippen LogP contribution is -2.26. The van der Waals surface area contributed by atoms with E-state index in [4.69, 9.17) is 11.6 Å². The van der Waals surface area contributed by atoms with Crippen molar-refractivity contribution in [3.63, 3.8) is 0 Å². The van der Waals surface area contributed by atoms with Crippen molar-refractivity contribution in [1.82, 2.24) is 19.5 Å². The summed E-state index contributed by atoms with van der Waals surface area (Å²) in [4.78, 5) is 26.2. The Morgan fingerprint density at radius 1 is 1.24 bits per heavy atom. The Labute approximate surface area is 149 Å². The van der Waals surface area contributed by atoms with Gasteiger partial charge in [-0.3, -0.25) is 9.36 Å². The van der Waals surface area contributed by atoms with Gasteiger partial charge in [0.05, 0.1) is 17.4 Å². The lowest BCUT2D eigenvalue weighted by Gasteiger charge is -2.19. The van der Waals surface area contributed by atoms with Crippen LogP contribution in [0.4, 0.5) is 8.78 Å². The number of hydrogen-bond acceptors (Lipinski definition) is 5. The number of fused-ring (bicyclic) bond motifs is 2. The molecule has 25 heavy (non-hydrogen) atoms. The third-order valence-corrected chi connectivity index (χ3v) is 6.12. The summed E-state index contributed by atoms with van der Waals surface area (Å²) < 4.78 is 28.6. The highest BCUT2D eigenvalue weighted by Crippen LogP contribution is 2.67. The minimum absolute atomic E-state index is 0.176. The molecule has 0 N–H and O–H groups in total. The molecule has 0 amide bonds. The average Bonchev–Trinajstić information content (AvgIpc) is 3.04. The molecule has 2 aliphatic carbocycles. The Morgan fingerprint density at radius 2 is 2.00 bits per heavy atom. The average molecular weight is 381 g/mol. The zero-order chi connectivity index (χ0) is 17.3. The first-order valence-electron chi connectivity index (χ1n) is 7.82. The van der Waals surface area contributed by atoms with Gasteiger partial charge < -0.3 is 0 Å². The van der Waals surface area contributed by atoms with Crippen LogP contribution in [0.1, 0.15) is 24.6 Å². The number of alkyl halides is 2. The van der Waals surface area contributed by atoms with Crippen molar-refractivity contribution in [3.8, 4) is 5.69 Å². The summed E-state index contributed by atoms with van der Waals surface area (Å²) in [7, 11) is 0. The van der Waals surface area contributed by atoms with E-state index in [1.807, 2.05) is 0 Å². The van der Waals surface area contributed by atoms with Gasteiger partial charge >= 0.3 is 0 Å². The number of rotatable bonds is 2. The number of hydrogen-bond donors (Lipinski definition) is 0. The molecule has 5 rings (SSSR count). The molecule has 9 heteroatoms. The van der Waals surface area contributed by atoms with Crippen molar-refractivity contribution >= 4 is 33.3 Å². The van der Waals surface area contributed by atoms with Gasteiger partial charge in [0.1, 0.15) is 11.0 Å². The van der Waals surface area contributed by atoms with Crippen LogP contribution in [0.15, 0.2) is 28.6 Å². The molecule has 0 radical (unpaired) electrons. The van der Waals surface area contributed by atoms with E-state index in [9.17, 15) is 13.6 Å². The molecule has 0 saturated heterocycles. The molecule has 3 aromatic heterocycles. The quantitative estimate of drug-likeness (QED) is 0.637. The van der Waals surface area contributed by atoms with Crippen LogP contribution < -0.4 is 5.56 Å². The zero-order valence-corrected chi connectivity index (χ0v) is 14.3. The maximum absolute atomic E-state index is 13.6. The molecule has 5 nitrogen and oxygen atoms in total. The molecule has 0 spiro atoms. The van der Waals surface area contributed by atoms with Gasteiger partial charge in [0.15, 0.2) is 10.3 Å². The standard InChI is InChI=1S/C16H11ClF2N4OS/c17-11-2-1-8(5-20-11)23-13(7-3-9-10(4-7)16(9,18)19)22-14-12(15(23)24)21-6-25-14/h1-2,5-7,9-10H,3-4H2/t7-,9+,10-. The van der Waals surface area contributed by atoms with E-state index in [0.717, 1.165) is 0 Å². The fourth-order valence-electron chi connectivity index (χ4n) is 3.88. The van der Waals surface area contributed by atoms with Gasteiger partial charge in [-0.2, -0.15) is 0 Å². The van der Waals surface area contributed by atoms with Gasteiger partial charge in [-0.1, -0.05) is 11.6 Å². The van der Waals surface area contributed by atoms with Gasteiger partial charge in [-0.25, -0.2) is 23.7 Å². The fourth-order valence-corrected chi connectivity index (χ4v) is 4.64. The molecule has 2 fully saturated rings. The van der Waals surface area contributed by atoms with Crippen LogP contribution in [-0.2, 0) is 0 Å². The van der Waals surface area contributed by atoms with E-state index in [-0.39, 0.29) is 17.0 Å². The second-order valence-electron chi connectivity index (χ2n) is 6.51. The molecule has 3 heterocycles. The third-order valence-electron chi connectivity index (χ3n) is 5.18. The van der Waals surface area contributed by atoms with Crippen LogP contribution in [-0.4, -0.2) is 25.4 Å². The smallest absolute Gasteiger partial charge is 0.266 e. The Kier molecular flexibility index (Phi) is 3.09. The van der Waals surface area contributed by atoms with Gasteiger partial charge in [-0.15, -0.1) is 11.3 Å². The van der Waals surface area contributed by atoms with Gasteiger partial charge in [0.2, 0.25) is 0 Å². The van der Waals surface area contributed by atoms with E-state index in [1.54, 1.807) is 17.6 Å². The first-order valence-corrected chi connectivity index (χ1v) is 9.08. The van der Waals surface area contributed by atoms with Crippen LogP contribution in [0.3, 0.4) is 0 Å². The predicted molar refractivity (Wildman–Crippen MR) is 89.7 cm³/mol. The topological polar surface area (TPSA) is 60.7 Å². The molecule has 0 aliphatic heterocycles. The maximum atomic E-state index is 13.6. The van der Waals surface area contributed by atoms with Crippen molar-refractivity contribution < 1.29 is 8.78 Å². The lowest BCUT2D eigenvalue weighted by atomic mass is 10.0. The predicted octanol–water partition coefficient (Wildman–Crippen LogP) is 3.65. The lowest BCUT2D eigenvalue weighted by molar-refractivity contribution is 0.0689. The Hall–Kier alpha value is -1.93. The minimum atomic E-state index is -2.56. The molecule has 3 atom stereocenters. The maximum Gasteiger partial charge on any atom is 0.285 e. The summed E-state index contributed by atoms with van der Waals surface area (Å²) in [6.45, 7) is 0. The number of aromatic nitrogens is 4. The Bertz CT molecular complexity index is 1030. The molecule has 3 aromatic rings. The highest BCUT2D eigenvalue weighted by atomic mass is 35.5. The highest BCUT2D eigenvalue weighted by molar-refractivity contribution is 7.16. The molecule has 0 unspecified atom stereocenters. The van der Waals surface area contributed by atoms with Crippen LogP contribution in [0.5, 0.6) is 0 Å². The van der Waals surface area contributed by atoms with Crippen LogP contribution in [0, 0.1) is 11.8 Å². The number of nitrogens with zero attached hydrogens (tertiary/aromatic N) is 4. The molecule has 2 aliphatic rings. The van der Waals surface area contributed by atoms with Crippen LogP contribution in [0.2, 0.25) is 5.15 Å². The number of halogens is 3. The van der Waals surface area contributed by atoms with Crippen molar-refractivity contribution in [1.29, 1.82) is 0 Å². The monoisotopic (exact) mass is 380 g/mol. The summed E-state index contributed by atoms with van der Waals surface area (Å²) >= 11 is 7.10. The van der Waals surface area contributed by atoms with Crippen molar-refractivity contribution in [2.45, 2.75) is 24.7 Å². The van der Waals surface area contributed by atoms with Crippen LogP contribution in [0.25, 0.3) is 16.0 Å². The van der Waals surface area contributed by atoms with E-state index in [0.29, 0.717) is 34.3 Å². The second-order valence-corrected chi connectivity index (χ2v) is 7.73. The van der Waals surface area contributed by atoms with E-state index < -0.39 is 17.8 Å². The number of pyridine rings is 1. The first kappa shape index (κ1) is 15.3. The van der Waals surface area contributed by atoms with E-state index in [2.05, 4.69) is 15.0 Å². The van der Waals surface area contributed by atoms with Gasteiger partial charge in [0.25, 0.3) is 11.5 Å². The summed E-state index contributed by atoms with van der Waals surface area (Å²) in [5.74, 6) is -3.41. The van der Waals surface area contributed by atoms with Gasteiger partial charge in [-0.05, 0) is 25.0 Å². The largest absolute Gasteiger partial charge is 0.285 e. The molecule has 0 bridgehead atoms. The summed E-state index contributed by atoms with van der Waals surface area (Å²) in [5.41, 5.74) is 2.04. The Balaban J connectivity index is 1.68. The van der Waals surface area contributed by atoms with Crippen molar-refractivity contribution in [3.05, 3.63) is 45.2 Å². The first-order chi connectivity index (χ1) is 12.0.